The number of aliphatic carboxylic acids is 1. The number of carboxylic acid groups (broad SMARTS) is 1. The van der Waals surface area contributed by atoms with Crippen LogP contribution in [0.2, 0.25) is 0 Å². The molecule has 0 aliphatic heterocycles. The van der Waals surface area contributed by atoms with Crippen molar-refractivity contribution in [2.24, 2.45) is 0 Å². The average molecular weight is 222 g/mol. The second kappa shape index (κ2) is 8.09. The molecule has 2 atom stereocenters. The monoisotopic (exact) mass is 222 g/mol. The molecular weight excluding hydrogens is 203 g/mol. The van der Waals surface area contributed by atoms with Crippen molar-refractivity contribution in [1.29, 1.82) is 0 Å². The topological polar surface area (TPSA) is 37.3 Å². The van der Waals surface area contributed by atoms with Crippen LogP contribution in [0.3, 0.4) is 0 Å². The number of rotatable bonds is 8. The summed E-state index contributed by atoms with van der Waals surface area (Å²) in [4.78, 5) is 10.4. The van der Waals surface area contributed by atoms with Crippen LogP contribution in [0.25, 0.3) is 0 Å². The Kier molecular flexibility index (Phi) is 7.95. The molecule has 84 valence electrons. The van der Waals surface area contributed by atoms with Crippen LogP contribution in [0.5, 0.6) is 0 Å². The maximum atomic E-state index is 13.0. The number of carbonyl (C=O) groups is 1. The highest BCUT2D eigenvalue weighted by atomic mass is 32.2. The molecular formula is C10H19FO2S. The molecule has 0 aliphatic rings. The van der Waals surface area contributed by atoms with Gasteiger partial charge >= 0.3 is 5.97 Å². The Bertz CT molecular complexity index is 164. The standard InChI is InChI=1S/C10H19FO2S/c1-3-5-9(11)6-4-7-14-8(2)10(12)13/h8-9H,3-7H2,1-2H3,(H,12,13). The van der Waals surface area contributed by atoms with Crippen molar-refractivity contribution in [1.82, 2.24) is 0 Å². The first-order valence-electron chi connectivity index (χ1n) is 5.06. The van der Waals surface area contributed by atoms with Gasteiger partial charge in [0.15, 0.2) is 0 Å². The van der Waals surface area contributed by atoms with Gasteiger partial charge in [0.2, 0.25) is 0 Å². The van der Waals surface area contributed by atoms with E-state index in [1.54, 1.807) is 6.92 Å². The minimum Gasteiger partial charge on any atom is -0.480 e. The van der Waals surface area contributed by atoms with Gasteiger partial charge in [-0.3, -0.25) is 4.79 Å². The molecule has 0 spiro atoms. The van der Waals surface area contributed by atoms with Crippen molar-refractivity contribution < 1.29 is 14.3 Å². The van der Waals surface area contributed by atoms with Crippen LogP contribution in [0.1, 0.15) is 39.5 Å². The molecule has 2 unspecified atom stereocenters. The maximum Gasteiger partial charge on any atom is 0.316 e. The lowest BCUT2D eigenvalue weighted by molar-refractivity contribution is -0.136. The van der Waals surface area contributed by atoms with Gasteiger partial charge in [0, 0.05) is 0 Å². The Morgan fingerprint density at radius 1 is 1.50 bits per heavy atom. The largest absolute Gasteiger partial charge is 0.480 e. The zero-order valence-corrected chi connectivity index (χ0v) is 9.65. The fourth-order valence-electron chi connectivity index (χ4n) is 1.09. The van der Waals surface area contributed by atoms with Crippen LogP contribution < -0.4 is 0 Å². The SMILES string of the molecule is CCCC(F)CCCSC(C)C(=O)O. The first-order chi connectivity index (χ1) is 6.57. The Morgan fingerprint density at radius 3 is 2.64 bits per heavy atom. The zero-order chi connectivity index (χ0) is 11.0. The van der Waals surface area contributed by atoms with E-state index in [1.807, 2.05) is 6.92 Å². The van der Waals surface area contributed by atoms with Crippen LogP contribution in [0.15, 0.2) is 0 Å². The molecule has 0 fully saturated rings. The molecule has 0 aromatic heterocycles. The Hall–Kier alpha value is -0.250. The Morgan fingerprint density at radius 2 is 2.14 bits per heavy atom. The third-order valence-corrected chi connectivity index (χ3v) is 3.21. The van der Waals surface area contributed by atoms with Crippen LogP contribution in [0, 0.1) is 0 Å². The molecule has 0 saturated carbocycles. The fourth-order valence-corrected chi connectivity index (χ4v) is 1.92. The number of thioether (sulfide) groups is 1. The van der Waals surface area contributed by atoms with Crippen LogP contribution >= 0.6 is 11.8 Å². The van der Waals surface area contributed by atoms with Crippen molar-refractivity contribution >= 4 is 17.7 Å². The van der Waals surface area contributed by atoms with Crippen molar-refractivity contribution in [3.63, 3.8) is 0 Å². The maximum absolute atomic E-state index is 13.0. The van der Waals surface area contributed by atoms with Crippen molar-refractivity contribution in [2.45, 2.75) is 51.0 Å². The summed E-state index contributed by atoms with van der Waals surface area (Å²) in [6.45, 7) is 3.62. The highest BCUT2D eigenvalue weighted by molar-refractivity contribution is 8.00. The number of hydrogen-bond acceptors (Lipinski definition) is 2. The van der Waals surface area contributed by atoms with E-state index >= 15 is 0 Å². The zero-order valence-electron chi connectivity index (χ0n) is 8.83. The molecule has 1 N–H and O–H groups in total. The summed E-state index contributed by atoms with van der Waals surface area (Å²) in [6.07, 6.45) is 2.12. The summed E-state index contributed by atoms with van der Waals surface area (Å²) in [6, 6.07) is 0. The number of hydrogen-bond donors (Lipinski definition) is 1. The summed E-state index contributed by atoms with van der Waals surface area (Å²) in [5, 5.41) is 8.20. The van der Waals surface area contributed by atoms with E-state index in [4.69, 9.17) is 5.11 Å². The molecule has 0 aromatic rings. The fraction of sp³-hybridized carbons (Fsp3) is 0.900. The minimum atomic E-state index is -0.791. The van der Waals surface area contributed by atoms with E-state index in [0.29, 0.717) is 12.8 Å². The molecule has 0 heterocycles. The normalized spacial score (nSPS) is 15.1. The van der Waals surface area contributed by atoms with E-state index in [1.165, 1.54) is 11.8 Å². The molecule has 0 amide bonds. The van der Waals surface area contributed by atoms with Gasteiger partial charge in [-0.05, 0) is 31.9 Å². The first-order valence-corrected chi connectivity index (χ1v) is 6.11. The minimum absolute atomic E-state index is 0.376. The molecule has 4 heteroatoms. The average Bonchev–Trinajstić information content (AvgIpc) is 2.12. The molecule has 0 rings (SSSR count). The van der Waals surface area contributed by atoms with Gasteiger partial charge in [0.05, 0.1) is 5.25 Å². The quantitative estimate of drug-likeness (QED) is 0.641. The van der Waals surface area contributed by atoms with E-state index in [9.17, 15) is 9.18 Å². The van der Waals surface area contributed by atoms with Crippen molar-refractivity contribution in [2.75, 3.05) is 5.75 Å². The molecule has 0 aliphatic carbocycles. The number of alkyl halides is 1. The molecule has 0 bridgehead atoms. The van der Waals surface area contributed by atoms with Gasteiger partial charge < -0.3 is 5.11 Å². The summed E-state index contributed by atoms with van der Waals surface area (Å²) in [5.74, 6) is -0.0576. The van der Waals surface area contributed by atoms with Crippen LogP contribution in [0.4, 0.5) is 4.39 Å². The Balaban J connectivity index is 3.33. The summed E-state index contributed by atoms with van der Waals surface area (Å²) in [5.41, 5.74) is 0. The lowest BCUT2D eigenvalue weighted by Gasteiger charge is -2.07. The number of carboxylic acids is 1. The predicted octanol–water partition coefficient (Wildman–Crippen LogP) is 3.11. The van der Waals surface area contributed by atoms with Crippen LogP contribution in [-0.4, -0.2) is 28.3 Å². The summed E-state index contributed by atoms with van der Waals surface area (Å²) < 4.78 is 13.0. The molecule has 0 aromatic carbocycles. The number of halogens is 1. The third-order valence-electron chi connectivity index (χ3n) is 1.98. The first kappa shape index (κ1) is 13.8. The van der Waals surface area contributed by atoms with Crippen molar-refractivity contribution in [3.05, 3.63) is 0 Å². The lowest BCUT2D eigenvalue weighted by atomic mass is 10.1. The summed E-state index contributed by atoms with van der Waals surface area (Å²) in [7, 11) is 0. The van der Waals surface area contributed by atoms with E-state index in [-0.39, 0.29) is 5.25 Å². The van der Waals surface area contributed by atoms with Gasteiger partial charge in [-0.2, -0.15) is 0 Å². The van der Waals surface area contributed by atoms with E-state index in [0.717, 1.165) is 18.6 Å². The Labute approximate surface area is 89.3 Å². The molecule has 0 radical (unpaired) electrons. The van der Waals surface area contributed by atoms with E-state index < -0.39 is 12.1 Å². The highest BCUT2D eigenvalue weighted by Gasteiger charge is 2.11. The third kappa shape index (κ3) is 7.18. The van der Waals surface area contributed by atoms with Crippen molar-refractivity contribution in [3.8, 4) is 0 Å². The second-order valence-corrected chi connectivity index (χ2v) is 4.83. The van der Waals surface area contributed by atoms with Gasteiger partial charge in [0.1, 0.15) is 6.17 Å². The van der Waals surface area contributed by atoms with E-state index in [2.05, 4.69) is 0 Å². The van der Waals surface area contributed by atoms with Gasteiger partial charge in [0.25, 0.3) is 0 Å². The van der Waals surface area contributed by atoms with Gasteiger partial charge in [-0.25, -0.2) is 4.39 Å². The predicted molar refractivity (Wildman–Crippen MR) is 58.6 cm³/mol. The van der Waals surface area contributed by atoms with Gasteiger partial charge in [-0.15, -0.1) is 11.8 Å². The second-order valence-electron chi connectivity index (χ2n) is 3.38. The van der Waals surface area contributed by atoms with Crippen LogP contribution in [-0.2, 0) is 4.79 Å². The molecule has 0 saturated heterocycles. The highest BCUT2D eigenvalue weighted by Crippen LogP contribution is 2.15. The molecule has 14 heavy (non-hydrogen) atoms. The molecule has 2 nitrogen and oxygen atoms in total. The smallest absolute Gasteiger partial charge is 0.316 e. The lowest BCUT2D eigenvalue weighted by Crippen LogP contribution is -2.12. The summed E-state index contributed by atoms with van der Waals surface area (Å²) >= 11 is 1.38. The van der Waals surface area contributed by atoms with Gasteiger partial charge in [-0.1, -0.05) is 13.3 Å².